The molecule has 1 aromatic carbocycles. The summed E-state index contributed by atoms with van der Waals surface area (Å²) >= 11 is 6.77. The van der Waals surface area contributed by atoms with Crippen LogP contribution in [0.25, 0.3) is 0 Å². The highest BCUT2D eigenvalue weighted by atomic mass is 35.5. The number of aromatic amines is 2. The molecule has 0 bridgehead atoms. The summed E-state index contributed by atoms with van der Waals surface area (Å²) in [7, 11) is 0. The van der Waals surface area contributed by atoms with E-state index < -0.39 is 16.5 Å². The molecule has 9 heteroatoms. The van der Waals surface area contributed by atoms with Crippen LogP contribution in [0.2, 0.25) is 5.02 Å². The summed E-state index contributed by atoms with van der Waals surface area (Å²) in [6.45, 7) is 1.82. The molecule has 116 valence electrons. The maximum atomic E-state index is 12.2. The van der Waals surface area contributed by atoms with Gasteiger partial charge in [0.25, 0.3) is 5.56 Å². The van der Waals surface area contributed by atoms with Gasteiger partial charge in [-0.2, -0.15) is 5.10 Å². The molecule has 0 saturated carbocycles. The predicted octanol–water partition coefficient (Wildman–Crippen LogP) is 1.62. The molecule has 0 aliphatic rings. The molecule has 1 unspecified atom stereocenters. The monoisotopic (exact) mass is 340 g/mol. The van der Waals surface area contributed by atoms with Crippen LogP contribution in [0.15, 0.2) is 38.9 Å². The Labute approximate surface area is 134 Å². The average molecular weight is 341 g/mol. The largest absolute Gasteiger partial charge is 0.342 e. The van der Waals surface area contributed by atoms with Gasteiger partial charge in [0.05, 0.1) is 5.25 Å². The normalized spacial score (nSPS) is 11.9. The first-order valence-electron chi connectivity index (χ1n) is 6.41. The van der Waals surface area contributed by atoms with Gasteiger partial charge in [0, 0.05) is 10.7 Å². The van der Waals surface area contributed by atoms with Crippen molar-refractivity contribution >= 4 is 35.0 Å². The molecule has 1 amide bonds. The van der Waals surface area contributed by atoms with Crippen molar-refractivity contribution in [2.45, 2.75) is 23.6 Å². The fraction of sp³-hybridized carbons (Fsp3) is 0.231. The lowest BCUT2D eigenvalue weighted by molar-refractivity contribution is -0.115. The molecule has 3 N–H and O–H groups in total. The number of halogens is 1. The van der Waals surface area contributed by atoms with Gasteiger partial charge in [-0.25, -0.2) is 9.89 Å². The Morgan fingerprint density at radius 3 is 2.64 bits per heavy atom. The molecule has 1 aromatic heterocycles. The van der Waals surface area contributed by atoms with Crippen LogP contribution in [0.4, 0.5) is 5.69 Å². The molecule has 0 aliphatic carbocycles. The van der Waals surface area contributed by atoms with Crippen LogP contribution in [-0.4, -0.2) is 26.3 Å². The Hall–Kier alpha value is -2.06. The third-order valence-corrected chi connectivity index (χ3v) is 4.29. The van der Waals surface area contributed by atoms with E-state index in [9.17, 15) is 14.4 Å². The Balaban J connectivity index is 2.10. The van der Waals surface area contributed by atoms with Crippen LogP contribution in [0.1, 0.15) is 13.3 Å². The summed E-state index contributed by atoms with van der Waals surface area (Å²) in [5.74, 6) is -0.262. The molecule has 1 atom stereocenters. The first-order valence-corrected chi connectivity index (χ1v) is 7.67. The van der Waals surface area contributed by atoms with Gasteiger partial charge in [0.15, 0.2) is 5.03 Å². The minimum absolute atomic E-state index is 0.0395. The second-order valence-electron chi connectivity index (χ2n) is 4.32. The lowest BCUT2D eigenvalue weighted by Crippen LogP contribution is -2.29. The topological polar surface area (TPSA) is 108 Å². The van der Waals surface area contributed by atoms with Gasteiger partial charge in [-0.15, -0.1) is 0 Å². The molecular formula is C13H13ClN4O3S. The number of amides is 1. The molecule has 2 rings (SSSR count). The summed E-state index contributed by atoms with van der Waals surface area (Å²) in [5.41, 5.74) is -0.698. The third-order valence-electron chi connectivity index (χ3n) is 2.71. The number of H-pyrrole nitrogens is 2. The van der Waals surface area contributed by atoms with Crippen LogP contribution in [0.3, 0.4) is 0 Å². The van der Waals surface area contributed by atoms with E-state index in [-0.39, 0.29) is 10.9 Å². The van der Waals surface area contributed by atoms with E-state index in [1.54, 1.807) is 24.3 Å². The van der Waals surface area contributed by atoms with Crippen LogP contribution < -0.4 is 16.6 Å². The van der Waals surface area contributed by atoms with Crippen LogP contribution >= 0.6 is 23.4 Å². The Morgan fingerprint density at radius 1 is 1.36 bits per heavy atom. The van der Waals surface area contributed by atoms with Gasteiger partial charge in [0.1, 0.15) is 0 Å². The Bertz CT molecular complexity index is 772. The fourth-order valence-electron chi connectivity index (χ4n) is 1.63. The summed E-state index contributed by atoms with van der Waals surface area (Å²) in [6, 6.07) is 6.70. The molecule has 0 aliphatic heterocycles. The lowest BCUT2D eigenvalue weighted by atomic mass is 10.3. The molecule has 2 aromatic rings. The number of thioether (sulfide) groups is 1. The van der Waals surface area contributed by atoms with E-state index in [1.807, 2.05) is 6.92 Å². The Morgan fingerprint density at radius 2 is 2.05 bits per heavy atom. The summed E-state index contributed by atoms with van der Waals surface area (Å²) in [5, 5.41) is 8.62. The number of anilines is 1. The van der Waals surface area contributed by atoms with Gasteiger partial charge in [-0.1, -0.05) is 30.3 Å². The second kappa shape index (κ2) is 7.28. The number of benzene rings is 1. The zero-order chi connectivity index (χ0) is 16.1. The highest BCUT2D eigenvalue weighted by molar-refractivity contribution is 8.00. The minimum atomic E-state index is -0.687. The molecule has 0 saturated heterocycles. The number of rotatable bonds is 5. The van der Waals surface area contributed by atoms with Crippen molar-refractivity contribution in [3.63, 3.8) is 0 Å². The van der Waals surface area contributed by atoms with Crippen molar-refractivity contribution in [3.8, 4) is 0 Å². The molecule has 0 spiro atoms. The number of nitrogens with one attached hydrogen (secondary N) is 3. The maximum absolute atomic E-state index is 12.2. The van der Waals surface area contributed by atoms with Crippen LogP contribution in [-0.2, 0) is 4.79 Å². The SMILES string of the molecule is CCC(Sc1n[nH]c(=O)[nH]c1=O)C(=O)Nc1ccc(Cl)cc1. The zero-order valence-corrected chi connectivity index (χ0v) is 13.1. The molecular weight excluding hydrogens is 328 g/mol. The highest BCUT2D eigenvalue weighted by Gasteiger charge is 2.20. The highest BCUT2D eigenvalue weighted by Crippen LogP contribution is 2.22. The number of hydrogen-bond acceptors (Lipinski definition) is 5. The van der Waals surface area contributed by atoms with E-state index >= 15 is 0 Å². The van der Waals surface area contributed by atoms with E-state index in [4.69, 9.17) is 11.6 Å². The van der Waals surface area contributed by atoms with Crippen molar-refractivity contribution < 1.29 is 4.79 Å². The molecule has 1 heterocycles. The first-order chi connectivity index (χ1) is 10.5. The van der Waals surface area contributed by atoms with Gasteiger partial charge in [-0.3, -0.25) is 14.6 Å². The van der Waals surface area contributed by atoms with E-state index in [0.717, 1.165) is 11.8 Å². The summed E-state index contributed by atoms with van der Waals surface area (Å²) in [4.78, 5) is 36.8. The lowest BCUT2D eigenvalue weighted by Gasteiger charge is -2.13. The van der Waals surface area contributed by atoms with E-state index in [2.05, 4.69) is 20.5 Å². The number of carbonyl (C=O) groups is 1. The van der Waals surface area contributed by atoms with Gasteiger partial charge in [0.2, 0.25) is 5.91 Å². The maximum Gasteiger partial charge on any atom is 0.342 e. The first kappa shape index (κ1) is 16.3. The number of carbonyl (C=O) groups excluding carboxylic acids is 1. The third kappa shape index (κ3) is 4.22. The molecule has 7 nitrogen and oxygen atoms in total. The second-order valence-corrected chi connectivity index (χ2v) is 5.95. The number of hydrogen-bond donors (Lipinski definition) is 3. The average Bonchev–Trinajstić information content (AvgIpc) is 2.49. The molecule has 0 fully saturated rings. The van der Waals surface area contributed by atoms with Crippen molar-refractivity contribution in [2.75, 3.05) is 5.32 Å². The van der Waals surface area contributed by atoms with E-state index in [0.29, 0.717) is 17.1 Å². The molecule has 22 heavy (non-hydrogen) atoms. The van der Waals surface area contributed by atoms with Crippen molar-refractivity contribution in [1.29, 1.82) is 0 Å². The minimum Gasteiger partial charge on any atom is -0.325 e. The van der Waals surface area contributed by atoms with Crippen molar-refractivity contribution in [2.24, 2.45) is 0 Å². The Kier molecular flexibility index (Phi) is 5.40. The van der Waals surface area contributed by atoms with Crippen LogP contribution in [0.5, 0.6) is 0 Å². The smallest absolute Gasteiger partial charge is 0.325 e. The van der Waals surface area contributed by atoms with Crippen molar-refractivity contribution in [1.82, 2.24) is 15.2 Å². The van der Waals surface area contributed by atoms with Gasteiger partial charge < -0.3 is 5.32 Å². The fourth-order valence-corrected chi connectivity index (χ4v) is 2.61. The number of aromatic nitrogens is 3. The predicted molar refractivity (Wildman–Crippen MR) is 85.5 cm³/mol. The van der Waals surface area contributed by atoms with Crippen LogP contribution in [0, 0.1) is 0 Å². The quantitative estimate of drug-likeness (QED) is 0.717. The van der Waals surface area contributed by atoms with E-state index in [1.165, 1.54) is 0 Å². The van der Waals surface area contributed by atoms with Gasteiger partial charge in [-0.05, 0) is 30.7 Å². The van der Waals surface area contributed by atoms with Gasteiger partial charge >= 0.3 is 5.69 Å². The number of nitrogens with zero attached hydrogens (tertiary/aromatic N) is 1. The summed E-state index contributed by atoms with van der Waals surface area (Å²) in [6.07, 6.45) is 0.490. The standard InChI is InChI=1S/C13H13ClN4O3S/c1-2-9(22-12-11(20)16-13(21)18-17-12)10(19)15-8-5-3-7(14)4-6-8/h3-6,9H,2H2,1H3,(H,15,19)(H2,16,18,20,21). The zero-order valence-electron chi connectivity index (χ0n) is 11.6. The summed E-state index contributed by atoms with van der Waals surface area (Å²) < 4.78 is 0. The van der Waals surface area contributed by atoms with Crippen molar-refractivity contribution in [3.05, 3.63) is 50.1 Å². The molecule has 0 radical (unpaired) electrons.